The first-order valence-electron chi connectivity index (χ1n) is 34.9. The van der Waals surface area contributed by atoms with Crippen LogP contribution in [0.15, 0.2) is 109 Å². The van der Waals surface area contributed by atoms with Crippen LogP contribution in [0.3, 0.4) is 0 Å². The minimum Gasteiger partial charge on any atom is -0.462 e. The van der Waals surface area contributed by atoms with E-state index in [1.165, 1.54) is 199 Å². The quantitative estimate of drug-likeness (QED) is 0.0261. The Morgan fingerprint density at radius 1 is 0.268 bits per heavy atom. The Morgan fingerprint density at radius 3 is 0.805 bits per heavy atom. The van der Waals surface area contributed by atoms with E-state index in [1.54, 1.807) is 6.08 Å². The summed E-state index contributed by atoms with van der Waals surface area (Å²) in [6, 6.07) is 0. The molecule has 0 aliphatic heterocycles. The molecular weight excluding hydrogens is 1010 g/mol. The van der Waals surface area contributed by atoms with E-state index in [2.05, 4.69) is 118 Å². The fraction of sp³-hybridized carbons (Fsp3) is 0.724. The van der Waals surface area contributed by atoms with E-state index in [0.29, 0.717) is 12.8 Å². The lowest BCUT2D eigenvalue weighted by molar-refractivity contribution is -0.166. The van der Waals surface area contributed by atoms with Crippen LogP contribution in [0.25, 0.3) is 0 Å². The van der Waals surface area contributed by atoms with Crippen molar-refractivity contribution in [3.05, 3.63) is 109 Å². The SMILES string of the molecule is CC/C=C\C/C=C\C/C=C\C/C=C\C/C=C\CC(=O)OC(COC(=O)CCCCCCCCCCCCCCCC)COC(=O)CCCCCCCCCCCCCCCCCCCCCCCC/C=C\C/C=C\C/C=C\C/C=C\CC. The molecule has 0 amide bonds. The van der Waals surface area contributed by atoms with Gasteiger partial charge in [0.25, 0.3) is 0 Å². The summed E-state index contributed by atoms with van der Waals surface area (Å²) in [6.45, 7) is 6.36. The van der Waals surface area contributed by atoms with Crippen LogP contribution in [0.4, 0.5) is 0 Å². The molecule has 0 aliphatic rings. The average molecular weight is 1140 g/mol. The zero-order valence-corrected chi connectivity index (χ0v) is 54.0. The van der Waals surface area contributed by atoms with Crippen molar-refractivity contribution in [1.82, 2.24) is 0 Å². The molecule has 0 saturated heterocycles. The molecule has 0 N–H and O–H groups in total. The van der Waals surface area contributed by atoms with E-state index in [-0.39, 0.29) is 31.6 Å². The summed E-state index contributed by atoms with van der Waals surface area (Å²) < 4.78 is 16.8. The summed E-state index contributed by atoms with van der Waals surface area (Å²) in [5, 5.41) is 0. The van der Waals surface area contributed by atoms with Crippen LogP contribution >= 0.6 is 0 Å². The van der Waals surface area contributed by atoms with Gasteiger partial charge in [-0.05, 0) is 83.5 Å². The van der Waals surface area contributed by atoms with Gasteiger partial charge in [-0.2, -0.15) is 0 Å². The normalized spacial score (nSPS) is 12.8. The molecule has 82 heavy (non-hydrogen) atoms. The lowest BCUT2D eigenvalue weighted by Gasteiger charge is -2.18. The Kier molecular flexibility index (Phi) is 66.2. The second-order valence-corrected chi connectivity index (χ2v) is 23.1. The molecule has 1 unspecified atom stereocenters. The molecule has 6 nitrogen and oxygen atoms in total. The number of rotatable bonds is 63. The van der Waals surface area contributed by atoms with Gasteiger partial charge >= 0.3 is 17.9 Å². The Balaban J connectivity index is 4.15. The molecule has 0 rings (SSSR count). The smallest absolute Gasteiger partial charge is 0.310 e. The Bertz CT molecular complexity index is 1640. The monoisotopic (exact) mass is 1140 g/mol. The van der Waals surface area contributed by atoms with E-state index in [4.69, 9.17) is 14.2 Å². The van der Waals surface area contributed by atoms with Crippen molar-refractivity contribution in [2.75, 3.05) is 13.2 Å². The van der Waals surface area contributed by atoms with Crippen LogP contribution in [-0.2, 0) is 28.6 Å². The summed E-state index contributed by atoms with van der Waals surface area (Å²) in [5.41, 5.74) is 0. The van der Waals surface area contributed by atoms with E-state index in [1.807, 2.05) is 6.08 Å². The van der Waals surface area contributed by atoms with Crippen LogP contribution in [-0.4, -0.2) is 37.2 Å². The minimum absolute atomic E-state index is 0.0989. The Hall–Kier alpha value is -3.93. The zero-order valence-electron chi connectivity index (χ0n) is 54.0. The van der Waals surface area contributed by atoms with Gasteiger partial charge in [0.2, 0.25) is 0 Å². The topological polar surface area (TPSA) is 78.9 Å². The van der Waals surface area contributed by atoms with Crippen molar-refractivity contribution in [2.45, 2.75) is 341 Å². The summed E-state index contributed by atoms with van der Waals surface area (Å²) in [6.07, 6.45) is 95.9. The molecule has 0 aliphatic carbocycles. The molecule has 470 valence electrons. The number of unbranched alkanes of at least 4 members (excludes halogenated alkanes) is 35. The Labute approximate surface area is 508 Å². The second-order valence-electron chi connectivity index (χ2n) is 23.1. The highest BCUT2D eigenvalue weighted by Gasteiger charge is 2.19. The molecule has 0 aromatic carbocycles. The van der Waals surface area contributed by atoms with Gasteiger partial charge in [0.1, 0.15) is 13.2 Å². The van der Waals surface area contributed by atoms with Crippen molar-refractivity contribution in [1.29, 1.82) is 0 Å². The summed E-state index contributed by atoms with van der Waals surface area (Å²) >= 11 is 0. The minimum atomic E-state index is -0.830. The third-order valence-electron chi connectivity index (χ3n) is 15.1. The molecule has 0 heterocycles. The second kappa shape index (κ2) is 69.6. The van der Waals surface area contributed by atoms with E-state index >= 15 is 0 Å². The first kappa shape index (κ1) is 78.1. The molecule has 0 bridgehead atoms. The molecular formula is C76H130O6. The van der Waals surface area contributed by atoms with Crippen LogP contribution < -0.4 is 0 Å². The first-order valence-corrected chi connectivity index (χ1v) is 34.9. The van der Waals surface area contributed by atoms with Gasteiger partial charge < -0.3 is 14.2 Å². The first-order chi connectivity index (χ1) is 40.5. The number of ether oxygens (including phenoxy) is 3. The maximum Gasteiger partial charge on any atom is 0.310 e. The molecule has 0 saturated carbocycles. The third kappa shape index (κ3) is 66.9. The van der Waals surface area contributed by atoms with Gasteiger partial charge in [0.15, 0.2) is 6.10 Å². The number of hydrogen-bond donors (Lipinski definition) is 0. The van der Waals surface area contributed by atoms with Gasteiger partial charge in [0.05, 0.1) is 6.42 Å². The lowest BCUT2D eigenvalue weighted by atomic mass is 10.0. The highest BCUT2D eigenvalue weighted by atomic mass is 16.6. The van der Waals surface area contributed by atoms with Crippen LogP contribution in [0, 0.1) is 0 Å². The van der Waals surface area contributed by atoms with Gasteiger partial charge in [-0.15, -0.1) is 0 Å². The van der Waals surface area contributed by atoms with Crippen molar-refractivity contribution in [3.8, 4) is 0 Å². The summed E-state index contributed by atoms with van der Waals surface area (Å²) in [5.74, 6) is -1.03. The molecule has 0 radical (unpaired) electrons. The van der Waals surface area contributed by atoms with Gasteiger partial charge in [-0.3, -0.25) is 14.4 Å². The molecule has 1 atom stereocenters. The summed E-state index contributed by atoms with van der Waals surface area (Å²) in [4.78, 5) is 38.3. The number of carbonyl (C=O) groups excluding carboxylic acids is 3. The number of hydrogen-bond acceptors (Lipinski definition) is 6. The van der Waals surface area contributed by atoms with E-state index in [0.717, 1.165) is 96.3 Å². The third-order valence-corrected chi connectivity index (χ3v) is 15.1. The standard InChI is InChI=1S/C76H130O6/c1-4-7-10-13-16-19-22-25-28-29-30-31-32-33-34-35-36-37-38-39-40-41-42-43-44-45-46-47-49-51-54-57-60-63-66-69-75(78)81-72-73(71-80-74(77)68-65-62-59-56-53-50-27-24-21-18-15-12-9-6-3)82-76(79)70-67-64-61-58-55-52-48-26-23-20-17-14-11-8-5-2/h7-8,10-11,16-17,19-20,25-26,28,30-31,48,55,58,64,67,73H,4-6,9,12-15,18,21-24,27,29,32-47,49-54,56-57,59-63,65-66,68-72H2,1-3H3/b10-7-,11-8-,19-16-,20-17-,28-25-,31-30-,48-26-,58-55-,67-64-. The van der Waals surface area contributed by atoms with E-state index in [9.17, 15) is 14.4 Å². The van der Waals surface area contributed by atoms with Crippen LogP contribution in [0.2, 0.25) is 0 Å². The van der Waals surface area contributed by atoms with Crippen molar-refractivity contribution in [3.63, 3.8) is 0 Å². The molecule has 0 fully saturated rings. The number of esters is 3. The average Bonchev–Trinajstić information content (AvgIpc) is 3.47. The molecule has 0 spiro atoms. The zero-order chi connectivity index (χ0) is 59.2. The van der Waals surface area contributed by atoms with E-state index < -0.39 is 12.1 Å². The molecule has 0 aromatic heterocycles. The predicted octanol–water partition coefficient (Wildman–Crippen LogP) is 24.2. The van der Waals surface area contributed by atoms with Crippen LogP contribution in [0.5, 0.6) is 0 Å². The lowest BCUT2D eigenvalue weighted by Crippen LogP contribution is -2.30. The number of carbonyl (C=O) groups is 3. The molecule has 6 heteroatoms. The van der Waals surface area contributed by atoms with Crippen LogP contribution in [0.1, 0.15) is 335 Å². The molecule has 0 aromatic rings. The van der Waals surface area contributed by atoms with Crippen molar-refractivity contribution < 1.29 is 28.6 Å². The predicted molar refractivity (Wildman–Crippen MR) is 357 cm³/mol. The fourth-order valence-corrected chi connectivity index (χ4v) is 9.93. The van der Waals surface area contributed by atoms with Gasteiger partial charge in [0, 0.05) is 12.8 Å². The fourth-order valence-electron chi connectivity index (χ4n) is 9.93. The Morgan fingerprint density at radius 2 is 0.512 bits per heavy atom. The van der Waals surface area contributed by atoms with Gasteiger partial charge in [-0.25, -0.2) is 0 Å². The van der Waals surface area contributed by atoms with Crippen molar-refractivity contribution in [2.24, 2.45) is 0 Å². The van der Waals surface area contributed by atoms with Crippen molar-refractivity contribution >= 4 is 17.9 Å². The highest BCUT2D eigenvalue weighted by molar-refractivity contribution is 5.72. The maximum absolute atomic E-state index is 12.8. The largest absolute Gasteiger partial charge is 0.462 e. The number of allylic oxidation sites excluding steroid dienone is 17. The summed E-state index contributed by atoms with van der Waals surface area (Å²) in [7, 11) is 0. The van der Waals surface area contributed by atoms with Gasteiger partial charge in [-0.1, -0.05) is 342 Å². The highest BCUT2D eigenvalue weighted by Crippen LogP contribution is 2.18. The maximum atomic E-state index is 12.8.